The lowest BCUT2D eigenvalue weighted by atomic mass is 9.96. The van der Waals surface area contributed by atoms with Gasteiger partial charge in [0, 0.05) is 30.1 Å². The van der Waals surface area contributed by atoms with E-state index in [1.54, 1.807) is 12.1 Å². The molecule has 2 saturated heterocycles. The van der Waals surface area contributed by atoms with Crippen molar-refractivity contribution in [2.75, 3.05) is 31.6 Å². The number of likely N-dealkylation sites (tertiary alicyclic amines) is 1. The molecule has 2 atom stereocenters. The quantitative estimate of drug-likeness (QED) is 0.532. The van der Waals surface area contributed by atoms with Crippen molar-refractivity contribution in [3.63, 3.8) is 0 Å². The summed E-state index contributed by atoms with van der Waals surface area (Å²) in [4.78, 5) is 20.5. The molecule has 1 aromatic heterocycles. The molecule has 1 spiro atoms. The number of carbonyl (C=O) groups excluding carboxylic acids is 1. The molecule has 3 aromatic rings. The number of amides is 1. The van der Waals surface area contributed by atoms with Crippen molar-refractivity contribution in [1.82, 2.24) is 9.88 Å². The number of nitrogens with one attached hydrogen (secondary N) is 1. The van der Waals surface area contributed by atoms with Crippen LogP contribution in [0.4, 0.5) is 9.52 Å². The number of hydrogen-bond acceptors (Lipinski definition) is 6. The number of rotatable bonds is 7. The van der Waals surface area contributed by atoms with E-state index in [0.29, 0.717) is 24.8 Å². The first-order valence-electron chi connectivity index (χ1n) is 11.6. The number of carbonyl (C=O) groups is 1. The molecule has 6 nitrogen and oxygen atoms in total. The molecule has 0 radical (unpaired) electrons. The minimum atomic E-state index is -0.345. The highest BCUT2D eigenvalue weighted by atomic mass is 32.1. The first-order chi connectivity index (χ1) is 16.5. The molecule has 8 heteroatoms. The minimum Gasteiger partial charge on any atom is -0.371 e. The molecule has 1 amide bonds. The third-order valence-electron chi connectivity index (χ3n) is 6.46. The lowest BCUT2D eigenvalue weighted by Gasteiger charge is -2.29. The van der Waals surface area contributed by atoms with Crippen LogP contribution in [0.1, 0.15) is 23.3 Å². The summed E-state index contributed by atoms with van der Waals surface area (Å²) in [6, 6.07) is 16.3. The standard InChI is InChI=1S/C26H28FN3O3S/c1-18-24(20-8-10-21(27)11-9-20)29-25(34-18)28-23(31)15-30-14-22(26(17-30)12-5-13-33-26)32-16-19-6-3-2-4-7-19/h2-4,6-11,22H,5,12-17H2,1H3,(H,28,29,31)/t22-,26-/m0/s1. The van der Waals surface area contributed by atoms with Gasteiger partial charge in [-0.05, 0) is 49.6 Å². The fourth-order valence-corrected chi connectivity index (χ4v) is 5.68. The Bertz CT molecular complexity index is 1130. The number of hydrogen-bond donors (Lipinski definition) is 1. The summed E-state index contributed by atoms with van der Waals surface area (Å²) in [6.07, 6.45) is 1.88. The summed E-state index contributed by atoms with van der Waals surface area (Å²) in [5, 5.41) is 3.48. The molecule has 34 heavy (non-hydrogen) atoms. The fourth-order valence-electron chi connectivity index (χ4n) is 4.83. The Morgan fingerprint density at radius 3 is 2.79 bits per heavy atom. The van der Waals surface area contributed by atoms with Gasteiger partial charge in [0.25, 0.3) is 0 Å². The zero-order valence-electron chi connectivity index (χ0n) is 19.1. The molecule has 0 unspecified atom stereocenters. The van der Waals surface area contributed by atoms with Crippen LogP contribution in [0.25, 0.3) is 11.3 Å². The molecule has 0 saturated carbocycles. The lowest BCUT2D eigenvalue weighted by molar-refractivity contribution is -0.117. The zero-order valence-corrected chi connectivity index (χ0v) is 19.9. The number of aromatic nitrogens is 1. The van der Waals surface area contributed by atoms with Crippen LogP contribution in [0.3, 0.4) is 0 Å². The maximum absolute atomic E-state index is 13.2. The van der Waals surface area contributed by atoms with Crippen molar-refractivity contribution in [3.8, 4) is 11.3 Å². The van der Waals surface area contributed by atoms with Crippen LogP contribution in [0.2, 0.25) is 0 Å². The Kier molecular flexibility index (Phi) is 6.74. The van der Waals surface area contributed by atoms with Gasteiger partial charge in [0.05, 0.1) is 18.8 Å². The number of nitrogens with zero attached hydrogens (tertiary/aromatic N) is 2. The molecule has 3 heterocycles. The molecule has 0 aliphatic carbocycles. The molecule has 2 fully saturated rings. The number of halogens is 1. The van der Waals surface area contributed by atoms with Gasteiger partial charge in [-0.2, -0.15) is 0 Å². The molecular formula is C26H28FN3O3S. The van der Waals surface area contributed by atoms with E-state index in [2.05, 4.69) is 27.3 Å². The number of ether oxygens (including phenoxy) is 2. The highest BCUT2D eigenvalue weighted by Gasteiger charge is 2.50. The molecule has 1 N–H and O–H groups in total. The largest absolute Gasteiger partial charge is 0.371 e. The van der Waals surface area contributed by atoms with Crippen molar-refractivity contribution in [3.05, 3.63) is 70.9 Å². The summed E-state index contributed by atoms with van der Waals surface area (Å²) in [7, 11) is 0. The second kappa shape index (κ2) is 9.92. The first kappa shape index (κ1) is 23.1. The van der Waals surface area contributed by atoms with Gasteiger partial charge in [-0.3, -0.25) is 9.69 Å². The smallest absolute Gasteiger partial charge is 0.240 e. The maximum Gasteiger partial charge on any atom is 0.240 e. The van der Waals surface area contributed by atoms with Crippen molar-refractivity contribution >= 4 is 22.4 Å². The summed E-state index contributed by atoms with van der Waals surface area (Å²) in [5.41, 5.74) is 2.37. The number of thiazole rings is 1. The van der Waals surface area contributed by atoms with Crippen LogP contribution in [-0.2, 0) is 20.9 Å². The Hall–Kier alpha value is -2.65. The second-order valence-electron chi connectivity index (χ2n) is 8.95. The van der Waals surface area contributed by atoms with Crippen molar-refractivity contribution in [1.29, 1.82) is 0 Å². The summed E-state index contributed by atoms with van der Waals surface area (Å²) >= 11 is 1.42. The molecule has 0 bridgehead atoms. The number of benzene rings is 2. The van der Waals surface area contributed by atoms with Crippen molar-refractivity contribution < 1.29 is 18.7 Å². The SMILES string of the molecule is Cc1sc(NC(=O)CN2C[C@H](OCc3ccccc3)[C@]3(CCCO3)C2)nc1-c1ccc(F)cc1. The van der Waals surface area contributed by atoms with Gasteiger partial charge in [0.15, 0.2) is 5.13 Å². The molecule has 178 valence electrons. The van der Waals surface area contributed by atoms with E-state index in [9.17, 15) is 9.18 Å². The Labute approximate surface area is 202 Å². The van der Waals surface area contributed by atoms with Crippen LogP contribution < -0.4 is 5.32 Å². The fraction of sp³-hybridized carbons (Fsp3) is 0.385. The van der Waals surface area contributed by atoms with Crippen LogP contribution in [0.5, 0.6) is 0 Å². The predicted molar refractivity (Wildman–Crippen MR) is 130 cm³/mol. The second-order valence-corrected chi connectivity index (χ2v) is 10.2. The van der Waals surface area contributed by atoms with Crippen molar-refractivity contribution in [2.45, 2.75) is 38.1 Å². The van der Waals surface area contributed by atoms with Gasteiger partial charge in [-0.25, -0.2) is 9.37 Å². The molecule has 5 rings (SSSR count). The monoisotopic (exact) mass is 481 g/mol. The third-order valence-corrected chi connectivity index (χ3v) is 7.34. The maximum atomic E-state index is 13.2. The average molecular weight is 482 g/mol. The van der Waals surface area contributed by atoms with E-state index in [1.165, 1.54) is 23.5 Å². The van der Waals surface area contributed by atoms with Gasteiger partial charge in [0.2, 0.25) is 5.91 Å². The van der Waals surface area contributed by atoms with Gasteiger partial charge in [-0.1, -0.05) is 30.3 Å². The molecule has 2 aliphatic rings. The van der Waals surface area contributed by atoms with E-state index in [0.717, 1.165) is 41.1 Å². The molecular weight excluding hydrogens is 453 g/mol. The predicted octanol–water partition coefficient (Wildman–Crippen LogP) is 4.65. The van der Waals surface area contributed by atoms with E-state index in [1.807, 2.05) is 25.1 Å². The highest BCUT2D eigenvalue weighted by Crippen LogP contribution is 2.37. The van der Waals surface area contributed by atoms with Crippen LogP contribution >= 0.6 is 11.3 Å². The Morgan fingerprint density at radius 2 is 2.06 bits per heavy atom. The first-order valence-corrected chi connectivity index (χ1v) is 12.4. The average Bonchev–Trinajstić information content (AvgIpc) is 3.53. The Morgan fingerprint density at radius 1 is 1.26 bits per heavy atom. The summed E-state index contributed by atoms with van der Waals surface area (Å²) in [5.74, 6) is -0.401. The van der Waals surface area contributed by atoms with E-state index in [-0.39, 0.29) is 30.0 Å². The van der Waals surface area contributed by atoms with Gasteiger partial charge in [-0.15, -0.1) is 11.3 Å². The number of aryl methyl sites for hydroxylation is 1. The number of anilines is 1. The third kappa shape index (κ3) is 5.05. The van der Waals surface area contributed by atoms with Crippen molar-refractivity contribution in [2.24, 2.45) is 0 Å². The lowest BCUT2D eigenvalue weighted by Crippen LogP contribution is -2.42. The van der Waals surface area contributed by atoms with Gasteiger partial charge in [0.1, 0.15) is 17.5 Å². The van der Waals surface area contributed by atoms with Gasteiger partial charge >= 0.3 is 0 Å². The minimum absolute atomic E-state index is 0.0739. The van der Waals surface area contributed by atoms with E-state index in [4.69, 9.17) is 9.47 Å². The molecule has 2 aliphatic heterocycles. The van der Waals surface area contributed by atoms with E-state index >= 15 is 0 Å². The Balaban J connectivity index is 1.21. The van der Waals surface area contributed by atoms with E-state index < -0.39 is 0 Å². The normalized spacial score (nSPS) is 22.5. The van der Waals surface area contributed by atoms with Crippen LogP contribution in [-0.4, -0.2) is 53.7 Å². The summed E-state index contributed by atoms with van der Waals surface area (Å²) < 4.78 is 25.7. The zero-order chi connectivity index (χ0) is 23.5. The van der Waals surface area contributed by atoms with Crippen LogP contribution in [0, 0.1) is 12.7 Å². The highest BCUT2D eigenvalue weighted by molar-refractivity contribution is 7.16. The molecule has 2 aromatic carbocycles. The van der Waals surface area contributed by atoms with Crippen LogP contribution in [0.15, 0.2) is 54.6 Å². The van der Waals surface area contributed by atoms with Gasteiger partial charge < -0.3 is 14.8 Å². The summed E-state index contributed by atoms with van der Waals surface area (Å²) in [6.45, 7) is 4.79. The topological polar surface area (TPSA) is 63.7 Å².